The first-order valence-electron chi connectivity index (χ1n) is 8.76. The van der Waals surface area contributed by atoms with Crippen LogP contribution in [0.1, 0.15) is 77.1 Å². The zero-order valence-electron chi connectivity index (χ0n) is 14.2. The Kier molecular flexibility index (Phi) is 9.35. The standard InChI is InChI=1S/C17H34N4/c1-4-7-8-9-10-11-12-16(19-18)14-17-13-15(5-2)20-21(17)6-3/h13,16,19H,4-12,14,18H2,1-3H3. The van der Waals surface area contributed by atoms with Crippen molar-refractivity contribution in [3.8, 4) is 0 Å². The smallest absolute Gasteiger partial charge is 0.0624 e. The van der Waals surface area contributed by atoms with Gasteiger partial charge in [-0.05, 0) is 25.8 Å². The van der Waals surface area contributed by atoms with Crippen molar-refractivity contribution < 1.29 is 0 Å². The molecule has 0 saturated heterocycles. The maximum Gasteiger partial charge on any atom is 0.0624 e. The predicted octanol–water partition coefficient (Wildman–Crippen LogP) is 3.59. The fraction of sp³-hybridized carbons (Fsp3) is 0.824. The summed E-state index contributed by atoms with van der Waals surface area (Å²) in [5, 5.41) is 4.61. The average Bonchev–Trinajstić information content (AvgIpc) is 2.91. The number of hydrogen-bond donors (Lipinski definition) is 2. The van der Waals surface area contributed by atoms with Crippen LogP contribution < -0.4 is 11.3 Å². The summed E-state index contributed by atoms with van der Waals surface area (Å²) in [6.07, 6.45) is 11.1. The quantitative estimate of drug-likeness (QED) is 0.352. The Labute approximate surface area is 130 Å². The molecule has 3 N–H and O–H groups in total. The molecular weight excluding hydrogens is 260 g/mol. The van der Waals surface area contributed by atoms with Crippen LogP contribution in [0.2, 0.25) is 0 Å². The van der Waals surface area contributed by atoms with E-state index in [9.17, 15) is 0 Å². The van der Waals surface area contributed by atoms with Gasteiger partial charge < -0.3 is 0 Å². The molecule has 0 aliphatic carbocycles. The minimum atomic E-state index is 0.364. The highest BCUT2D eigenvalue weighted by molar-refractivity contribution is 5.11. The molecule has 0 amide bonds. The lowest BCUT2D eigenvalue weighted by Gasteiger charge is -2.16. The molecule has 4 nitrogen and oxygen atoms in total. The van der Waals surface area contributed by atoms with Crippen LogP contribution in [0.15, 0.2) is 6.07 Å². The van der Waals surface area contributed by atoms with E-state index >= 15 is 0 Å². The van der Waals surface area contributed by atoms with Gasteiger partial charge >= 0.3 is 0 Å². The lowest BCUT2D eigenvalue weighted by molar-refractivity contribution is 0.446. The molecule has 1 unspecified atom stereocenters. The molecule has 0 spiro atoms. The average molecular weight is 294 g/mol. The van der Waals surface area contributed by atoms with Gasteiger partial charge in [-0.25, -0.2) is 0 Å². The zero-order valence-corrected chi connectivity index (χ0v) is 14.2. The second-order valence-electron chi connectivity index (χ2n) is 5.92. The van der Waals surface area contributed by atoms with Gasteiger partial charge in [0.2, 0.25) is 0 Å². The van der Waals surface area contributed by atoms with Crippen LogP contribution in [0, 0.1) is 0 Å². The van der Waals surface area contributed by atoms with Gasteiger partial charge in [-0.2, -0.15) is 5.10 Å². The van der Waals surface area contributed by atoms with E-state index in [0.29, 0.717) is 6.04 Å². The molecule has 0 fully saturated rings. The Morgan fingerprint density at radius 2 is 1.86 bits per heavy atom. The summed E-state index contributed by atoms with van der Waals surface area (Å²) in [5.41, 5.74) is 5.48. The maximum atomic E-state index is 5.73. The molecule has 0 aromatic carbocycles. The monoisotopic (exact) mass is 294 g/mol. The summed E-state index contributed by atoms with van der Waals surface area (Å²) in [4.78, 5) is 0. The third-order valence-electron chi connectivity index (χ3n) is 4.17. The predicted molar refractivity (Wildman–Crippen MR) is 90.1 cm³/mol. The molecule has 1 heterocycles. The first kappa shape index (κ1) is 18.2. The fourth-order valence-corrected chi connectivity index (χ4v) is 2.79. The molecule has 4 heteroatoms. The maximum absolute atomic E-state index is 5.73. The van der Waals surface area contributed by atoms with Gasteiger partial charge in [0, 0.05) is 24.7 Å². The first-order valence-corrected chi connectivity index (χ1v) is 8.76. The van der Waals surface area contributed by atoms with Crippen LogP contribution in [0.25, 0.3) is 0 Å². The number of aryl methyl sites for hydroxylation is 2. The van der Waals surface area contributed by atoms with Crippen molar-refractivity contribution in [2.24, 2.45) is 5.84 Å². The molecule has 0 aliphatic heterocycles. The van der Waals surface area contributed by atoms with Crippen LogP contribution in [0.5, 0.6) is 0 Å². The summed E-state index contributed by atoms with van der Waals surface area (Å²) in [5.74, 6) is 5.73. The van der Waals surface area contributed by atoms with E-state index < -0.39 is 0 Å². The molecule has 0 bridgehead atoms. The van der Waals surface area contributed by atoms with Crippen LogP contribution in [-0.4, -0.2) is 15.8 Å². The van der Waals surface area contributed by atoms with Gasteiger partial charge in [0.1, 0.15) is 0 Å². The minimum absolute atomic E-state index is 0.364. The number of nitrogens with one attached hydrogen (secondary N) is 1. The molecule has 21 heavy (non-hydrogen) atoms. The lowest BCUT2D eigenvalue weighted by atomic mass is 10.0. The van der Waals surface area contributed by atoms with Crippen LogP contribution >= 0.6 is 0 Å². The summed E-state index contributed by atoms with van der Waals surface area (Å²) in [6.45, 7) is 7.50. The van der Waals surface area contributed by atoms with Gasteiger partial charge in [0.25, 0.3) is 0 Å². The molecule has 122 valence electrons. The zero-order chi connectivity index (χ0) is 15.5. The number of nitrogens with two attached hydrogens (primary N) is 1. The number of unbranched alkanes of at least 4 members (excludes halogenated alkanes) is 5. The van der Waals surface area contributed by atoms with E-state index in [1.807, 2.05) is 0 Å². The Balaban J connectivity index is 2.37. The molecular formula is C17H34N4. The van der Waals surface area contributed by atoms with Gasteiger partial charge in [-0.15, -0.1) is 0 Å². The number of rotatable bonds is 12. The van der Waals surface area contributed by atoms with Crippen molar-refractivity contribution in [2.45, 2.75) is 91.1 Å². The Morgan fingerprint density at radius 1 is 1.14 bits per heavy atom. The third-order valence-corrected chi connectivity index (χ3v) is 4.17. The Hall–Kier alpha value is -0.870. The Morgan fingerprint density at radius 3 is 2.48 bits per heavy atom. The van der Waals surface area contributed by atoms with Crippen molar-refractivity contribution in [3.05, 3.63) is 17.5 Å². The van der Waals surface area contributed by atoms with Crippen LogP contribution in [-0.2, 0) is 19.4 Å². The molecule has 1 rings (SSSR count). The van der Waals surface area contributed by atoms with Gasteiger partial charge in [-0.1, -0.05) is 52.4 Å². The molecule has 1 aromatic rings. The van der Waals surface area contributed by atoms with E-state index in [0.717, 1.165) is 25.8 Å². The van der Waals surface area contributed by atoms with Gasteiger partial charge in [0.05, 0.1) is 5.69 Å². The fourth-order valence-electron chi connectivity index (χ4n) is 2.79. The number of hydrogen-bond acceptors (Lipinski definition) is 3. The highest BCUT2D eigenvalue weighted by Crippen LogP contribution is 2.13. The number of hydrazine groups is 1. The van der Waals surface area contributed by atoms with Crippen molar-refractivity contribution in [3.63, 3.8) is 0 Å². The number of aromatic nitrogens is 2. The normalized spacial score (nSPS) is 12.8. The van der Waals surface area contributed by atoms with Crippen molar-refractivity contribution in [1.29, 1.82) is 0 Å². The lowest BCUT2D eigenvalue weighted by Crippen LogP contribution is -2.37. The molecule has 0 aliphatic rings. The van der Waals surface area contributed by atoms with Crippen LogP contribution in [0.3, 0.4) is 0 Å². The third kappa shape index (κ3) is 6.62. The molecule has 1 aromatic heterocycles. The van der Waals surface area contributed by atoms with Crippen LogP contribution in [0.4, 0.5) is 0 Å². The first-order chi connectivity index (χ1) is 10.2. The highest BCUT2D eigenvalue weighted by Gasteiger charge is 2.12. The highest BCUT2D eigenvalue weighted by atomic mass is 15.3. The minimum Gasteiger partial charge on any atom is -0.271 e. The topological polar surface area (TPSA) is 55.9 Å². The number of nitrogens with zero attached hydrogens (tertiary/aromatic N) is 2. The summed E-state index contributed by atoms with van der Waals surface area (Å²) in [6, 6.07) is 2.60. The van der Waals surface area contributed by atoms with E-state index in [4.69, 9.17) is 5.84 Å². The van der Waals surface area contributed by atoms with Crippen molar-refractivity contribution in [1.82, 2.24) is 15.2 Å². The Bertz CT molecular complexity index is 373. The van der Waals surface area contributed by atoms with E-state index in [-0.39, 0.29) is 0 Å². The van der Waals surface area contributed by atoms with E-state index in [1.54, 1.807) is 0 Å². The SMILES string of the molecule is CCCCCCCCC(Cc1cc(CC)nn1CC)NN. The van der Waals surface area contributed by atoms with E-state index in [1.165, 1.54) is 49.9 Å². The second kappa shape index (κ2) is 10.8. The molecule has 1 atom stereocenters. The van der Waals surface area contributed by atoms with Gasteiger partial charge in [0.15, 0.2) is 0 Å². The molecule has 0 saturated carbocycles. The summed E-state index contributed by atoms with van der Waals surface area (Å²) >= 11 is 0. The second-order valence-corrected chi connectivity index (χ2v) is 5.92. The molecule has 0 radical (unpaired) electrons. The summed E-state index contributed by atoms with van der Waals surface area (Å²) in [7, 11) is 0. The van der Waals surface area contributed by atoms with E-state index in [2.05, 4.69) is 42.0 Å². The summed E-state index contributed by atoms with van der Waals surface area (Å²) < 4.78 is 2.12. The van der Waals surface area contributed by atoms with Crippen molar-refractivity contribution in [2.75, 3.05) is 0 Å². The van der Waals surface area contributed by atoms with Gasteiger partial charge in [-0.3, -0.25) is 16.0 Å². The van der Waals surface area contributed by atoms with Crippen molar-refractivity contribution >= 4 is 0 Å². The largest absolute Gasteiger partial charge is 0.271 e.